The summed E-state index contributed by atoms with van der Waals surface area (Å²) in [6.07, 6.45) is 79.4. The summed E-state index contributed by atoms with van der Waals surface area (Å²) in [5.41, 5.74) is 0. The SMILES string of the molecule is CC/C=C\C/C=C\C/C=C\C/C=C\C/C=C\CCCCCCCCCC(=O)OCC(COC(=O)CCCCCCCCCCCCCCC)OC(=O)CCCCCCCCCCCCCCCCCCCCCC. The molecule has 0 aliphatic carbocycles. The van der Waals surface area contributed by atoms with Crippen LogP contribution in [-0.2, 0) is 28.6 Å². The number of unbranched alkanes of at least 4 members (excludes halogenated alkanes) is 38. The Balaban J connectivity index is 4.32. The molecule has 0 aromatic heterocycles. The zero-order valence-corrected chi connectivity index (χ0v) is 49.4. The van der Waals surface area contributed by atoms with Crippen LogP contribution < -0.4 is 0 Å². The minimum Gasteiger partial charge on any atom is -0.462 e. The summed E-state index contributed by atoms with van der Waals surface area (Å²) in [4.78, 5) is 38.3. The number of allylic oxidation sites excluding steroid dienone is 10. The Morgan fingerprint density at radius 2 is 0.527 bits per heavy atom. The lowest BCUT2D eigenvalue weighted by Gasteiger charge is -2.18. The van der Waals surface area contributed by atoms with Crippen molar-refractivity contribution in [2.45, 2.75) is 341 Å². The second kappa shape index (κ2) is 62.6. The lowest BCUT2D eigenvalue weighted by molar-refractivity contribution is -0.167. The highest BCUT2D eigenvalue weighted by atomic mass is 16.6. The van der Waals surface area contributed by atoms with Gasteiger partial charge in [-0.15, -0.1) is 0 Å². The van der Waals surface area contributed by atoms with E-state index in [1.165, 1.54) is 199 Å². The summed E-state index contributed by atoms with van der Waals surface area (Å²) in [6.45, 7) is 6.57. The smallest absolute Gasteiger partial charge is 0.306 e. The molecule has 0 aromatic rings. The molecule has 0 fully saturated rings. The number of carbonyl (C=O) groups is 3. The number of carbonyl (C=O) groups excluding carboxylic acids is 3. The molecule has 74 heavy (non-hydrogen) atoms. The predicted molar refractivity (Wildman–Crippen MR) is 321 cm³/mol. The van der Waals surface area contributed by atoms with Crippen LogP contribution in [0.25, 0.3) is 0 Å². The van der Waals surface area contributed by atoms with E-state index < -0.39 is 6.10 Å². The van der Waals surface area contributed by atoms with Crippen molar-refractivity contribution in [1.29, 1.82) is 0 Å². The van der Waals surface area contributed by atoms with Gasteiger partial charge in [-0.25, -0.2) is 0 Å². The van der Waals surface area contributed by atoms with Crippen LogP contribution in [0.5, 0.6) is 0 Å². The number of hydrogen-bond acceptors (Lipinski definition) is 6. The lowest BCUT2D eigenvalue weighted by atomic mass is 10.0. The van der Waals surface area contributed by atoms with E-state index in [4.69, 9.17) is 14.2 Å². The molecule has 0 aromatic carbocycles. The van der Waals surface area contributed by atoms with E-state index in [9.17, 15) is 14.4 Å². The van der Waals surface area contributed by atoms with Crippen molar-refractivity contribution in [2.24, 2.45) is 0 Å². The van der Waals surface area contributed by atoms with Gasteiger partial charge in [-0.2, -0.15) is 0 Å². The molecule has 0 radical (unpaired) electrons. The Morgan fingerprint density at radius 1 is 0.284 bits per heavy atom. The maximum atomic E-state index is 12.9. The summed E-state index contributed by atoms with van der Waals surface area (Å²) in [6, 6.07) is 0. The molecule has 430 valence electrons. The number of rotatable bonds is 59. The van der Waals surface area contributed by atoms with Crippen molar-refractivity contribution in [2.75, 3.05) is 13.2 Å². The fourth-order valence-corrected chi connectivity index (χ4v) is 9.47. The van der Waals surface area contributed by atoms with Crippen LogP contribution in [0, 0.1) is 0 Å². The second-order valence-electron chi connectivity index (χ2n) is 21.7. The highest BCUT2D eigenvalue weighted by Gasteiger charge is 2.19. The molecule has 0 aliphatic rings. The first kappa shape index (κ1) is 71.1. The van der Waals surface area contributed by atoms with E-state index >= 15 is 0 Å². The molecule has 0 heterocycles. The monoisotopic (exact) mass is 1030 g/mol. The van der Waals surface area contributed by atoms with E-state index in [-0.39, 0.29) is 31.1 Å². The third-order valence-corrected chi connectivity index (χ3v) is 14.3. The third-order valence-electron chi connectivity index (χ3n) is 14.3. The molecule has 0 spiro atoms. The van der Waals surface area contributed by atoms with E-state index in [0.29, 0.717) is 19.3 Å². The van der Waals surface area contributed by atoms with Gasteiger partial charge in [0.05, 0.1) is 0 Å². The molecule has 6 heteroatoms. The summed E-state index contributed by atoms with van der Waals surface area (Å²) in [5.74, 6) is -0.863. The van der Waals surface area contributed by atoms with Gasteiger partial charge in [-0.3, -0.25) is 14.4 Å². The molecule has 0 saturated carbocycles. The van der Waals surface area contributed by atoms with Gasteiger partial charge in [0.2, 0.25) is 0 Å². The first-order valence-electron chi connectivity index (χ1n) is 32.3. The van der Waals surface area contributed by atoms with Crippen LogP contribution >= 0.6 is 0 Å². The standard InChI is InChI=1S/C68H122O6/c1-4-7-10-13-16-19-22-25-27-29-31-33-34-35-37-38-40-43-46-49-52-55-58-61-67(70)73-64-65(63-72-66(69)60-57-54-51-48-45-42-24-21-18-15-12-9-6-3)74-68(71)62-59-56-53-50-47-44-41-39-36-32-30-28-26-23-20-17-14-11-8-5-2/h7,10,16,19,25,27,31,33,35,37,65H,4-6,8-9,11-15,17-18,20-24,26,28-30,32,34,36,38-64H2,1-3H3/b10-7-,19-16-,27-25-,33-31-,37-35-. The van der Waals surface area contributed by atoms with Gasteiger partial charge in [-0.1, -0.05) is 313 Å². The molecule has 0 amide bonds. The van der Waals surface area contributed by atoms with Gasteiger partial charge in [0, 0.05) is 19.3 Å². The first-order chi connectivity index (χ1) is 36.5. The zero-order valence-electron chi connectivity index (χ0n) is 49.4. The average Bonchev–Trinajstić information content (AvgIpc) is 3.40. The Bertz CT molecular complexity index is 1330. The van der Waals surface area contributed by atoms with Gasteiger partial charge in [0.25, 0.3) is 0 Å². The summed E-state index contributed by atoms with van der Waals surface area (Å²) < 4.78 is 16.9. The van der Waals surface area contributed by atoms with E-state index in [1.54, 1.807) is 0 Å². The Labute approximate surface area is 460 Å². The minimum atomic E-state index is -0.776. The average molecular weight is 1040 g/mol. The zero-order chi connectivity index (χ0) is 53.6. The minimum absolute atomic E-state index is 0.0728. The first-order valence-corrected chi connectivity index (χ1v) is 32.3. The van der Waals surface area contributed by atoms with Crippen molar-refractivity contribution in [3.8, 4) is 0 Å². The molecule has 0 N–H and O–H groups in total. The Morgan fingerprint density at radius 3 is 0.824 bits per heavy atom. The van der Waals surface area contributed by atoms with Crippen LogP contribution in [0.1, 0.15) is 335 Å². The van der Waals surface area contributed by atoms with Crippen LogP contribution in [-0.4, -0.2) is 37.2 Å². The van der Waals surface area contributed by atoms with Crippen molar-refractivity contribution >= 4 is 17.9 Å². The number of ether oxygens (including phenoxy) is 3. The second-order valence-corrected chi connectivity index (χ2v) is 21.7. The van der Waals surface area contributed by atoms with Crippen LogP contribution in [0.4, 0.5) is 0 Å². The van der Waals surface area contributed by atoms with E-state index in [1.807, 2.05) is 0 Å². The summed E-state index contributed by atoms with van der Waals surface area (Å²) >= 11 is 0. The fraction of sp³-hybridized carbons (Fsp3) is 0.809. The van der Waals surface area contributed by atoms with Crippen LogP contribution in [0.3, 0.4) is 0 Å². The summed E-state index contributed by atoms with van der Waals surface area (Å²) in [7, 11) is 0. The molecule has 0 aliphatic heterocycles. The highest BCUT2D eigenvalue weighted by Crippen LogP contribution is 2.17. The van der Waals surface area contributed by atoms with Crippen molar-refractivity contribution < 1.29 is 28.6 Å². The quantitative estimate of drug-likeness (QED) is 0.0261. The van der Waals surface area contributed by atoms with Gasteiger partial charge < -0.3 is 14.2 Å². The van der Waals surface area contributed by atoms with Crippen LogP contribution in [0.15, 0.2) is 60.8 Å². The molecule has 0 bridgehead atoms. The van der Waals surface area contributed by atoms with Gasteiger partial charge >= 0.3 is 17.9 Å². The molecule has 0 saturated heterocycles. The van der Waals surface area contributed by atoms with Gasteiger partial charge in [0.1, 0.15) is 13.2 Å². The lowest BCUT2D eigenvalue weighted by Crippen LogP contribution is -2.30. The maximum Gasteiger partial charge on any atom is 0.306 e. The largest absolute Gasteiger partial charge is 0.462 e. The third kappa shape index (κ3) is 60.0. The maximum absolute atomic E-state index is 12.9. The molecular weight excluding hydrogens is 913 g/mol. The van der Waals surface area contributed by atoms with Gasteiger partial charge in [-0.05, 0) is 64.2 Å². The molecular formula is C68H122O6. The summed E-state index contributed by atoms with van der Waals surface area (Å²) in [5, 5.41) is 0. The Kier molecular flexibility index (Phi) is 60.2. The van der Waals surface area contributed by atoms with Crippen molar-refractivity contribution in [3.63, 3.8) is 0 Å². The van der Waals surface area contributed by atoms with Gasteiger partial charge in [0.15, 0.2) is 6.10 Å². The van der Waals surface area contributed by atoms with E-state index in [0.717, 1.165) is 96.3 Å². The van der Waals surface area contributed by atoms with Crippen LogP contribution in [0.2, 0.25) is 0 Å². The molecule has 6 nitrogen and oxygen atoms in total. The molecule has 1 atom stereocenters. The van der Waals surface area contributed by atoms with E-state index in [2.05, 4.69) is 81.5 Å². The normalized spacial score (nSPS) is 12.4. The fourth-order valence-electron chi connectivity index (χ4n) is 9.47. The molecule has 1 unspecified atom stereocenters. The molecule has 0 rings (SSSR count). The topological polar surface area (TPSA) is 78.9 Å². The predicted octanol–water partition coefficient (Wildman–Crippen LogP) is 21.9. The number of esters is 3. The Hall–Kier alpha value is -2.89. The van der Waals surface area contributed by atoms with Crippen molar-refractivity contribution in [1.82, 2.24) is 0 Å². The van der Waals surface area contributed by atoms with Crippen molar-refractivity contribution in [3.05, 3.63) is 60.8 Å². The number of hydrogen-bond donors (Lipinski definition) is 0. The highest BCUT2D eigenvalue weighted by molar-refractivity contribution is 5.71.